The van der Waals surface area contributed by atoms with Crippen LogP contribution in [-0.2, 0) is 9.53 Å². The second-order valence-electron chi connectivity index (χ2n) is 3.55. The maximum absolute atomic E-state index is 10.7. The van der Waals surface area contributed by atoms with E-state index in [0.29, 0.717) is 12.8 Å². The van der Waals surface area contributed by atoms with Crippen LogP contribution in [-0.4, -0.2) is 36.7 Å². The van der Waals surface area contributed by atoms with Gasteiger partial charge in [0.25, 0.3) is 0 Å². The first-order chi connectivity index (χ1) is 6.19. The van der Waals surface area contributed by atoms with E-state index in [9.17, 15) is 4.79 Å². The molecule has 0 aliphatic heterocycles. The lowest BCUT2D eigenvalue weighted by Gasteiger charge is -2.31. The van der Waals surface area contributed by atoms with Gasteiger partial charge in [-0.2, -0.15) is 0 Å². The van der Waals surface area contributed by atoms with Gasteiger partial charge in [-0.15, -0.1) is 0 Å². The van der Waals surface area contributed by atoms with Gasteiger partial charge in [0.2, 0.25) is 0 Å². The molecule has 74 valence electrons. The van der Waals surface area contributed by atoms with E-state index in [1.807, 2.05) is 0 Å². The van der Waals surface area contributed by atoms with E-state index >= 15 is 0 Å². The van der Waals surface area contributed by atoms with Crippen molar-refractivity contribution >= 4 is 13.4 Å². The van der Waals surface area contributed by atoms with Gasteiger partial charge >= 0.3 is 7.12 Å². The molecule has 1 saturated carbocycles. The van der Waals surface area contributed by atoms with Gasteiger partial charge in [-0.1, -0.05) is 0 Å². The number of methoxy groups -OCH3 is 1. The molecule has 4 nitrogen and oxygen atoms in total. The Morgan fingerprint density at radius 1 is 1.46 bits per heavy atom. The molecule has 0 saturated heterocycles. The summed E-state index contributed by atoms with van der Waals surface area (Å²) in [5.74, 6) is -0.595. The van der Waals surface area contributed by atoms with Crippen molar-refractivity contribution in [3.05, 3.63) is 0 Å². The van der Waals surface area contributed by atoms with E-state index in [1.165, 1.54) is 0 Å². The maximum atomic E-state index is 10.7. The lowest BCUT2D eigenvalue weighted by molar-refractivity contribution is -0.113. The van der Waals surface area contributed by atoms with Crippen molar-refractivity contribution in [1.82, 2.24) is 0 Å². The number of carbonyl (C=O) groups is 1. The third kappa shape index (κ3) is 2.53. The first-order valence-electron chi connectivity index (χ1n) is 4.53. The third-order valence-corrected chi connectivity index (χ3v) is 2.80. The summed E-state index contributed by atoms with van der Waals surface area (Å²) in [6, 6.07) is 0. The molecule has 0 aromatic carbocycles. The predicted molar refractivity (Wildman–Crippen MR) is 48.1 cm³/mol. The van der Waals surface area contributed by atoms with Crippen LogP contribution in [0.4, 0.5) is 0 Å². The fourth-order valence-electron chi connectivity index (χ4n) is 1.93. The molecule has 3 unspecified atom stereocenters. The van der Waals surface area contributed by atoms with E-state index in [0.717, 1.165) is 12.7 Å². The number of carbonyl (C=O) groups excluding carboxylic acids is 1. The molecule has 13 heavy (non-hydrogen) atoms. The summed E-state index contributed by atoms with van der Waals surface area (Å²) in [5, 5.41) is 18.0. The number of aldehydes is 1. The fourth-order valence-corrected chi connectivity index (χ4v) is 1.93. The summed E-state index contributed by atoms with van der Waals surface area (Å²) in [4.78, 5) is 10.7. The van der Waals surface area contributed by atoms with Crippen LogP contribution in [0.3, 0.4) is 0 Å². The van der Waals surface area contributed by atoms with E-state index in [2.05, 4.69) is 0 Å². The molecule has 0 aromatic rings. The van der Waals surface area contributed by atoms with Crippen molar-refractivity contribution in [2.24, 2.45) is 5.92 Å². The van der Waals surface area contributed by atoms with Gasteiger partial charge in [0.15, 0.2) is 0 Å². The van der Waals surface area contributed by atoms with Crippen molar-refractivity contribution in [3.8, 4) is 0 Å². The maximum Gasteiger partial charge on any atom is 0.455 e. The molecule has 0 amide bonds. The Balaban J connectivity index is 2.55. The largest absolute Gasteiger partial charge is 0.455 e. The summed E-state index contributed by atoms with van der Waals surface area (Å²) in [5.41, 5.74) is 0. The highest BCUT2D eigenvalue weighted by molar-refractivity contribution is 6.43. The Kier molecular flexibility index (Phi) is 3.90. The van der Waals surface area contributed by atoms with Crippen LogP contribution in [0, 0.1) is 5.92 Å². The Hall–Kier alpha value is -0.385. The number of hydrogen-bond acceptors (Lipinski definition) is 4. The highest BCUT2D eigenvalue weighted by Crippen LogP contribution is 2.35. The summed E-state index contributed by atoms with van der Waals surface area (Å²) in [6.07, 6.45) is 2.92. The van der Waals surface area contributed by atoms with E-state index in [4.69, 9.17) is 14.8 Å². The SMILES string of the molecule is COC1CCC(B(O)O)C(C=O)C1. The Labute approximate surface area is 78.0 Å². The second-order valence-corrected chi connectivity index (χ2v) is 3.55. The average molecular weight is 186 g/mol. The molecule has 1 fully saturated rings. The minimum Gasteiger partial charge on any atom is -0.427 e. The molecule has 0 bridgehead atoms. The molecule has 2 N–H and O–H groups in total. The highest BCUT2D eigenvalue weighted by Gasteiger charge is 2.37. The molecular formula is C8H15BO4. The zero-order valence-electron chi connectivity index (χ0n) is 7.72. The Bertz CT molecular complexity index is 174. The van der Waals surface area contributed by atoms with Crippen LogP contribution in [0.1, 0.15) is 19.3 Å². The van der Waals surface area contributed by atoms with Crippen LogP contribution in [0.2, 0.25) is 5.82 Å². The third-order valence-electron chi connectivity index (χ3n) is 2.80. The van der Waals surface area contributed by atoms with Crippen molar-refractivity contribution in [2.75, 3.05) is 7.11 Å². The zero-order chi connectivity index (χ0) is 9.84. The quantitative estimate of drug-likeness (QED) is 0.474. The summed E-state index contributed by atoms with van der Waals surface area (Å²) < 4.78 is 5.13. The molecule has 1 aliphatic carbocycles. The van der Waals surface area contributed by atoms with Crippen LogP contribution in [0.15, 0.2) is 0 Å². The van der Waals surface area contributed by atoms with E-state index in [-0.39, 0.29) is 17.8 Å². The molecule has 0 heterocycles. The van der Waals surface area contributed by atoms with Gasteiger partial charge in [0, 0.05) is 18.8 Å². The highest BCUT2D eigenvalue weighted by atomic mass is 16.5. The predicted octanol–water partition coefficient (Wildman–Crippen LogP) is -0.157. The minimum atomic E-state index is -1.38. The molecular weight excluding hydrogens is 171 g/mol. The van der Waals surface area contributed by atoms with E-state index in [1.54, 1.807) is 7.11 Å². The first kappa shape index (κ1) is 10.7. The first-order valence-corrected chi connectivity index (χ1v) is 4.53. The topological polar surface area (TPSA) is 66.8 Å². The van der Waals surface area contributed by atoms with Crippen molar-refractivity contribution in [3.63, 3.8) is 0 Å². The smallest absolute Gasteiger partial charge is 0.427 e. The lowest BCUT2D eigenvalue weighted by atomic mass is 9.60. The van der Waals surface area contributed by atoms with Gasteiger partial charge in [-0.05, 0) is 19.3 Å². The Morgan fingerprint density at radius 2 is 2.15 bits per heavy atom. The summed E-state index contributed by atoms with van der Waals surface area (Å²) in [7, 11) is 0.232. The molecule has 0 aromatic heterocycles. The molecule has 0 radical (unpaired) electrons. The lowest BCUT2D eigenvalue weighted by Crippen LogP contribution is -2.35. The number of rotatable bonds is 3. The van der Waals surface area contributed by atoms with Gasteiger partial charge < -0.3 is 19.6 Å². The van der Waals surface area contributed by atoms with Crippen molar-refractivity contribution < 1.29 is 19.6 Å². The number of ether oxygens (including phenoxy) is 1. The monoisotopic (exact) mass is 186 g/mol. The van der Waals surface area contributed by atoms with Crippen LogP contribution in [0.25, 0.3) is 0 Å². The Morgan fingerprint density at radius 3 is 2.62 bits per heavy atom. The van der Waals surface area contributed by atoms with Crippen LogP contribution < -0.4 is 0 Å². The van der Waals surface area contributed by atoms with Gasteiger partial charge in [-0.25, -0.2) is 0 Å². The van der Waals surface area contributed by atoms with Crippen molar-refractivity contribution in [1.29, 1.82) is 0 Å². The summed E-state index contributed by atoms with van der Waals surface area (Å²) in [6.45, 7) is 0. The second kappa shape index (κ2) is 4.74. The normalized spacial score (nSPS) is 34.2. The minimum absolute atomic E-state index is 0.0881. The standard InChI is InChI=1S/C8H15BO4/c1-13-7-2-3-8(9(11)12)6(4-7)5-10/h5-8,11-12H,2-4H2,1H3. The molecule has 1 aliphatic rings. The van der Waals surface area contributed by atoms with Gasteiger partial charge in [-0.3, -0.25) is 0 Å². The van der Waals surface area contributed by atoms with E-state index < -0.39 is 7.12 Å². The number of hydrogen-bond donors (Lipinski definition) is 2. The van der Waals surface area contributed by atoms with Crippen LogP contribution in [0.5, 0.6) is 0 Å². The van der Waals surface area contributed by atoms with Crippen LogP contribution >= 0.6 is 0 Å². The fraction of sp³-hybridized carbons (Fsp3) is 0.875. The molecule has 0 spiro atoms. The molecule has 5 heteroatoms. The van der Waals surface area contributed by atoms with Crippen molar-refractivity contribution in [2.45, 2.75) is 31.2 Å². The zero-order valence-corrected chi connectivity index (χ0v) is 7.72. The molecule has 3 atom stereocenters. The van der Waals surface area contributed by atoms with Gasteiger partial charge in [0.05, 0.1) is 6.10 Å². The average Bonchev–Trinajstić information content (AvgIpc) is 2.16. The molecule has 1 rings (SSSR count). The summed E-state index contributed by atoms with van der Waals surface area (Å²) >= 11 is 0. The van der Waals surface area contributed by atoms with Gasteiger partial charge in [0.1, 0.15) is 6.29 Å².